The number of carbonyl (C=O) groups excluding carboxylic acids is 2. The molecule has 0 spiro atoms. The molecule has 3 N–H and O–H groups in total. The van der Waals surface area contributed by atoms with Crippen molar-refractivity contribution in [1.29, 1.82) is 0 Å². The number of carbonyl (C=O) groups is 2. The highest BCUT2D eigenvalue weighted by atomic mass is 19.4. The summed E-state index contributed by atoms with van der Waals surface area (Å²) in [6.45, 7) is 0. The first-order chi connectivity index (χ1) is 10.8. The van der Waals surface area contributed by atoms with Gasteiger partial charge >= 0.3 is 6.36 Å². The van der Waals surface area contributed by atoms with Gasteiger partial charge < -0.3 is 15.8 Å². The van der Waals surface area contributed by atoms with Gasteiger partial charge in [0.05, 0.1) is 5.69 Å². The normalized spacial score (nSPS) is 10.9. The zero-order valence-corrected chi connectivity index (χ0v) is 11.6. The number of halogens is 3. The number of para-hydroxylation sites is 2. The van der Waals surface area contributed by atoms with Crippen LogP contribution in [0.3, 0.4) is 0 Å². The minimum atomic E-state index is -4.87. The summed E-state index contributed by atoms with van der Waals surface area (Å²) in [6.07, 6.45) is -4.87. The van der Waals surface area contributed by atoms with E-state index in [-0.39, 0.29) is 16.8 Å². The third kappa shape index (κ3) is 4.47. The Hall–Kier alpha value is -3.03. The van der Waals surface area contributed by atoms with E-state index in [0.717, 1.165) is 6.07 Å². The van der Waals surface area contributed by atoms with Gasteiger partial charge in [0.2, 0.25) is 5.91 Å². The first kappa shape index (κ1) is 16.3. The predicted molar refractivity (Wildman–Crippen MR) is 76.0 cm³/mol. The Kier molecular flexibility index (Phi) is 4.54. The van der Waals surface area contributed by atoms with Crippen molar-refractivity contribution in [2.75, 3.05) is 5.32 Å². The molecule has 0 aliphatic heterocycles. The van der Waals surface area contributed by atoms with E-state index in [2.05, 4.69) is 10.1 Å². The predicted octanol–water partition coefficient (Wildman–Crippen LogP) is 2.94. The number of anilines is 1. The molecule has 0 fully saturated rings. The third-order valence-electron chi connectivity index (χ3n) is 2.79. The molecule has 0 saturated heterocycles. The number of nitrogens with two attached hydrogens (primary N) is 1. The minimum Gasteiger partial charge on any atom is -0.404 e. The van der Waals surface area contributed by atoms with Gasteiger partial charge in [-0.3, -0.25) is 9.59 Å². The van der Waals surface area contributed by atoms with Crippen LogP contribution in [0.25, 0.3) is 0 Å². The molecule has 120 valence electrons. The van der Waals surface area contributed by atoms with E-state index in [9.17, 15) is 22.8 Å². The second-order valence-corrected chi connectivity index (χ2v) is 4.44. The molecular weight excluding hydrogens is 313 g/mol. The fourth-order valence-corrected chi connectivity index (χ4v) is 1.76. The van der Waals surface area contributed by atoms with Crippen LogP contribution in [0.2, 0.25) is 0 Å². The summed E-state index contributed by atoms with van der Waals surface area (Å²) in [4.78, 5) is 23.0. The maximum atomic E-state index is 12.3. The zero-order chi connectivity index (χ0) is 17.0. The van der Waals surface area contributed by atoms with Crippen LogP contribution in [0.1, 0.15) is 20.7 Å². The molecule has 0 aliphatic carbocycles. The summed E-state index contributed by atoms with van der Waals surface area (Å²) >= 11 is 0. The van der Waals surface area contributed by atoms with Crippen molar-refractivity contribution in [3.05, 3.63) is 59.7 Å². The van der Waals surface area contributed by atoms with Crippen molar-refractivity contribution in [3.8, 4) is 5.75 Å². The third-order valence-corrected chi connectivity index (χ3v) is 2.79. The van der Waals surface area contributed by atoms with Crippen LogP contribution in [0, 0.1) is 0 Å². The number of ether oxygens (including phenoxy) is 1. The lowest BCUT2D eigenvalue weighted by Gasteiger charge is -2.13. The number of hydrogen-bond donors (Lipinski definition) is 2. The molecule has 0 atom stereocenters. The van der Waals surface area contributed by atoms with Crippen molar-refractivity contribution in [3.63, 3.8) is 0 Å². The average Bonchev–Trinajstić information content (AvgIpc) is 2.48. The summed E-state index contributed by atoms with van der Waals surface area (Å²) < 4.78 is 40.8. The SMILES string of the molecule is NC(=O)c1ccc(C(=O)Nc2ccccc2OC(F)(F)F)cc1. The van der Waals surface area contributed by atoms with Crippen molar-refractivity contribution in [2.24, 2.45) is 5.73 Å². The van der Waals surface area contributed by atoms with Crippen LogP contribution in [0.4, 0.5) is 18.9 Å². The van der Waals surface area contributed by atoms with Crippen LogP contribution in [-0.2, 0) is 0 Å². The van der Waals surface area contributed by atoms with Gasteiger partial charge in [0.25, 0.3) is 5.91 Å². The summed E-state index contributed by atoms with van der Waals surface area (Å²) in [5, 5.41) is 2.32. The van der Waals surface area contributed by atoms with Gasteiger partial charge in [-0.25, -0.2) is 0 Å². The van der Waals surface area contributed by atoms with Gasteiger partial charge in [0, 0.05) is 11.1 Å². The number of amides is 2. The number of primary amides is 1. The second-order valence-electron chi connectivity index (χ2n) is 4.44. The molecular formula is C15H11F3N2O3. The molecule has 0 radical (unpaired) electrons. The molecule has 0 saturated carbocycles. The Morgan fingerprint density at radius 1 is 0.957 bits per heavy atom. The molecule has 0 unspecified atom stereocenters. The van der Waals surface area contributed by atoms with Gasteiger partial charge in [-0.15, -0.1) is 13.2 Å². The van der Waals surface area contributed by atoms with E-state index in [0.29, 0.717) is 0 Å². The van der Waals surface area contributed by atoms with E-state index in [1.54, 1.807) is 0 Å². The number of alkyl halides is 3. The molecule has 23 heavy (non-hydrogen) atoms. The smallest absolute Gasteiger partial charge is 0.404 e. The van der Waals surface area contributed by atoms with Crippen LogP contribution < -0.4 is 15.8 Å². The summed E-state index contributed by atoms with van der Waals surface area (Å²) in [5.41, 5.74) is 5.31. The lowest BCUT2D eigenvalue weighted by atomic mass is 10.1. The highest BCUT2D eigenvalue weighted by Crippen LogP contribution is 2.30. The van der Waals surface area contributed by atoms with E-state index in [1.807, 2.05) is 0 Å². The largest absolute Gasteiger partial charge is 0.573 e. The van der Waals surface area contributed by atoms with Gasteiger partial charge in [-0.2, -0.15) is 0 Å². The Balaban J connectivity index is 2.18. The molecule has 0 heterocycles. The highest BCUT2D eigenvalue weighted by molar-refractivity contribution is 6.05. The van der Waals surface area contributed by atoms with Crippen molar-refractivity contribution in [2.45, 2.75) is 6.36 Å². The summed E-state index contributed by atoms with van der Waals surface area (Å²) in [7, 11) is 0. The molecule has 0 bridgehead atoms. The fraction of sp³-hybridized carbons (Fsp3) is 0.0667. The molecule has 5 nitrogen and oxygen atoms in total. The lowest BCUT2D eigenvalue weighted by molar-refractivity contribution is -0.274. The topological polar surface area (TPSA) is 81.4 Å². The average molecular weight is 324 g/mol. The van der Waals surface area contributed by atoms with Crippen molar-refractivity contribution in [1.82, 2.24) is 0 Å². The van der Waals surface area contributed by atoms with E-state index in [1.165, 1.54) is 42.5 Å². The van der Waals surface area contributed by atoms with Crippen LogP contribution in [0.5, 0.6) is 5.75 Å². The van der Waals surface area contributed by atoms with E-state index in [4.69, 9.17) is 5.73 Å². The lowest BCUT2D eigenvalue weighted by Crippen LogP contribution is -2.19. The quantitative estimate of drug-likeness (QED) is 0.907. The molecule has 2 aromatic rings. The molecule has 2 rings (SSSR count). The van der Waals surface area contributed by atoms with Crippen LogP contribution in [0.15, 0.2) is 48.5 Å². The summed E-state index contributed by atoms with van der Waals surface area (Å²) in [6, 6.07) is 10.5. The summed E-state index contributed by atoms with van der Waals surface area (Å²) in [5.74, 6) is -1.83. The van der Waals surface area contributed by atoms with Crippen LogP contribution >= 0.6 is 0 Å². The van der Waals surface area contributed by atoms with E-state index < -0.39 is 23.9 Å². The highest BCUT2D eigenvalue weighted by Gasteiger charge is 2.32. The molecule has 2 aromatic carbocycles. The van der Waals surface area contributed by atoms with Gasteiger partial charge in [0.15, 0.2) is 5.75 Å². The first-order valence-electron chi connectivity index (χ1n) is 6.32. The molecule has 0 aliphatic rings. The minimum absolute atomic E-state index is 0.131. The number of benzene rings is 2. The zero-order valence-electron chi connectivity index (χ0n) is 11.6. The number of rotatable bonds is 4. The van der Waals surface area contributed by atoms with Gasteiger partial charge in [-0.1, -0.05) is 12.1 Å². The fourth-order valence-electron chi connectivity index (χ4n) is 1.76. The van der Waals surface area contributed by atoms with Crippen LogP contribution in [-0.4, -0.2) is 18.2 Å². The number of hydrogen-bond acceptors (Lipinski definition) is 3. The Morgan fingerprint density at radius 2 is 1.52 bits per heavy atom. The van der Waals surface area contributed by atoms with Crippen molar-refractivity contribution >= 4 is 17.5 Å². The monoisotopic (exact) mass is 324 g/mol. The maximum Gasteiger partial charge on any atom is 0.573 e. The Bertz CT molecular complexity index is 727. The Labute approximate surface area is 128 Å². The first-order valence-corrected chi connectivity index (χ1v) is 6.32. The molecule has 8 heteroatoms. The second kappa shape index (κ2) is 6.39. The Morgan fingerprint density at radius 3 is 2.09 bits per heavy atom. The standard InChI is InChI=1S/C15H11F3N2O3/c16-15(17,18)23-12-4-2-1-3-11(12)20-14(22)10-7-5-9(6-8-10)13(19)21/h1-8H,(H2,19,21)(H,20,22). The molecule has 2 amide bonds. The van der Waals surface area contributed by atoms with Crippen molar-refractivity contribution < 1.29 is 27.5 Å². The maximum absolute atomic E-state index is 12.3. The van der Waals surface area contributed by atoms with E-state index >= 15 is 0 Å². The van der Waals surface area contributed by atoms with Gasteiger partial charge in [-0.05, 0) is 36.4 Å². The number of nitrogens with one attached hydrogen (secondary N) is 1. The molecule has 0 aromatic heterocycles. The van der Waals surface area contributed by atoms with Gasteiger partial charge in [0.1, 0.15) is 0 Å².